The molecule has 2 atom stereocenters. The molecule has 0 radical (unpaired) electrons. The lowest BCUT2D eigenvalue weighted by atomic mass is 9.98. The van der Waals surface area contributed by atoms with Crippen molar-refractivity contribution in [3.63, 3.8) is 0 Å². The van der Waals surface area contributed by atoms with Crippen LogP contribution < -0.4 is 4.74 Å². The van der Waals surface area contributed by atoms with Crippen LogP contribution in [0.1, 0.15) is 34.6 Å². The molecule has 0 bridgehead atoms. The number of aryl methyl sites for hydroxylation is 1. The highest BCUT2D eigenvalue weighted by atomic mass is 32.1. The Balaban J connectivity index is 1.93. The summed E-state index contributed by atoms with van der Waals surface area (Å²) in [6.45, 7) is 0. The van der Waals surface area contributed by atoms with Crippen LogP contribution >= 0.6 is 11.3 Å². The number of hydrogen-bond donors (Lipinski definition) is 1. The van der Waals surface area contributed by atoms with Gasteiger partial charge in [0, 0.05) is 17.8 Å². The van der Waals surface area contributed by atoms with E-state index in [2.05, 4.69) is 11.1 Å². The minimum atomic E-state index is -0.518. The van der Waals surface area contributed by atoms with Crippen molar-refractivity contribution in [2.45, 2.75) is 24.9 Å². The highest BCUT2D eigenvalue weighted by molar-refractivity contribution is 7.10. The molecule has 0 aliphatic heterocycles. The van der Waals surface area contributed by atoms with E-state index in [1.807, 2.05) is 17.5 Å². The normalized spacial score (nSPS) is 19.6. The molecule has 2 heterocycles. The number of rotatable bonds is 3. The average Bonchev–Trinajstić information content (AvgIpc) is 3.04. The Morgan fingerprint density at radius 2 is 2.39 bits per heavy atom. The fraction of sp³-hybridized carbons (Fsp3) is 0.357. The van der Waals surface area contributed by atoms with Crippen LogP contribution in [0.15, 0.2) is 29.8 Å². The Morgan fingerprint density at radius 1 is 1.50 bits per heavy atom. The third-order valence-electron chi connectivity index (χ3n) is 3.53. The number of aromatic nitrogens is 1. The maximum Gasteiger partial charge on any atom is 0.135 e. The van der Waals surface area contributed by atoms with Crippen LogP contribution in [0.25, 0.3) is 0 Å². The molecule has 0 saturated carbocycles. The summed E-state index contributed by atoms with van der Waals surface area (Å²) in [5.41, 5.74) is 2.30. The van der Waals surface area contributed by atoms with Crippen LogP contribution in [0, 0.1) is 0 Å². The molecule has 1 aliphatic carbocycles. The number of aliphatic hydroxyl groups excluding tert-OH is 1. The quantitative estimate of drug-likeness (QED) is 0.923. The molecule has 4 heteroatoms. The zero-order valence-electron chi connectivity index (χ0n) is 10.2. The molecule has 0 spiro atoms. The van der Waals surface area contributed by atoms with Crippen LogP contribution in [0.2, 0.25) is 0 Å². The van der Waals surface area contributed by atoms with Crippen LogP contribution in [0.4, 0.5) is 0 Å². The maximum absolute atomic E-state index is 10.6. The number of thiophene rings is 1. The fourth-order valence-electron chi connectivity index (χ4n) is 2.63. The summed E-state index contributed by atoms with van der Waals surface area (Å²) >= 11 is 1.54. The summed E-state index contributed by atoms with van der Waals surface area (Å²) in [6.07, 6.45) is 3.24. The first-order valence-corrected chi connectivity index (χ1v) is 6.92. The average molecular weight is 261 g/mol. The molecular weight excluding hydrogens is 246 g/mol. The van der Waals surface area contributed by atoms with Gasteiger partial charge in [-0.15, -0.1) is 11.3 Å². The summed E-state index contributed by atoms with van der Waals surface area (Å²) in [4.78, 5) is 5.33. The van der Waals surface area contributed by atoms with Crippen molar-refractivity contribution in [1.29, 1.82) is 0 Å². The van der Waals surface area contributed by atoms with E-state index in [-0.39, 0.29) is 5.92 Å². The van der Waals surface area contributed by atoms with Gasteiger partial charge in [-0.25, -0.2) is 0 Å². The van der Waals surface area contributed by atoms with Crippen molar-refractivity contribution in [2.24, 2.45) is 0 Å². The summed E-state index contributed by atoms with van der Waals surface area (Å²) in [5.74, 6) is 0.866. The molecule has 94 valence electrons. The van der Waals surface area contributed by atoms with Crippen LogP contribution in [0.5, 0.6) is 5.75 Å². The molecule has 2 aromatic heterocycles. The number of pyridine rings is 1. The minimum Gasteiger partial charge on any atom is -0.495 e. The van der Waals surface area contributed by atoms with E-state index in [0.29, 0.717) is 0 Å². The zero-order valence-corrected chi connectivity index (χ0v) is 11.0. The van der Waals surface area contributed by atoms with Gasteiger partial charge in [-0.2, -0.15) is 0 Å². The van der Waals surface area contributed by atoms with Gasteiger partial charge < -0.3 is 9.84 Å². The molecule has 1 aliphatic rings. The molecule has 0 fully saturated rings. The second-order valence-electron chi connectivity index (χ2n) is 4.49. The first-order chi connectivity index (χ1) is 8.81. The lowest BCUT2D eigenvalue weighted by molar-refractivity contribution is 0.143. The lowest BCUT2D eigenvalue weighted by Crippen LogP contribution is -2.09. The Kier molecular flexibility index (Phi) is 3.06. The molecule has 3 nitrogen and oxygen atoms in total. The van der Waals surface area contributed by atoms with Crippen molar-refractivity contribution in [3.05, 3.63) is 45.9 Å². The minimum absolute atomic E-state index is 0.0914. The van der Waals surface area contributed by atoms with Gasteiger partial charge in [0.2, 0.25) is 0 Å². The van der Waals surface area contributed by atoms with Gasteiger partial charge in [-0.3, -0.25) is 4.98 Å². The Bertz CT molecular complexity index is 552. The van der Waals surface area contributed by atoms with E-state index in [0.717, 1.165) is 29.2 Å². The van der Waals surface area contributed by atoms with Crippen molar-refractivity contribution in [3.8, 4) is 5.75 Å². The molecule has 1 N–H and O–H groups in total. The van der Waals surface area contributed by atoms with Crippen molar-refractivity contribution in [1.82, 2.24) is 4.98 Å². The smallest absolute Gasteiger partial charge is 0.135 e. The standard InChI is InChI=1S/C14H15NO2S/c1-17-11-6-8-18-14(11)13(16)10-5-4-9-3-2-7-15-12(9)10/h2-3,6-8,10,13,16H,4-5H2,1H3. The molecule has 2 unspecified atom stereocenters. The van der Waals surface area contributed by atoms with Crippen LogP contribution in [0.3, 0.4) is 0 Å². The molecule has 0 aromatic carbocycles. The summed E-state index contributed by atoms with van der Waals surface area (Å²) < 4.78 is 5.28. The number of methoxy groups -OCH3 is 1. The van der Waals surface area contributed by atoms with Gasteiger partial charge in [0.15, 0.2) is 0 Å². The Labute approximate surface area is 110 Å². The van der Waals surface area contributed by atoms with E-state index in [9.17, 15) is 5.11 Å². The molecule has 0 saturated heterocycles. The highest BCUT2D eigenvalue weighted by Crippen LogP contribution is 2.44. The monoisotopic (exact) mass is 261 g/mol. The predicted molar refractivity (Wildman–Crippen MR) is 71.1 cm³/mol. The third-order valence-corrected chi connectivity index (χ3v) is 4.50. The van der Waals surface area contributed by atoms with Crippen LogP contribution in [-0.2, 0) is 6.42 Å². The first kappa shape index (κ1) is 11.7. The molecule has 18 heavy (non-hydrogen) atoms. The summed E-state index contributed by atoms with van der Waals surface area (Å²) in [6, 6.07) is 5.96. The second kappa shape index (κ2) is 4.71. The van der Waals surface area contributed by atoms with Crippen molar-refractivity contribution in [2.75, 3.05) is 7.11 Å². The molecule has 3 rings (SSSR count). The number of hydrogen-bond acceptors (Lipinski definition) is 4. The maximum atomic E-state index is 10.6. The van der Waals surface area contributed by atoms with Gasteiger partial charge in [0.25, 0.3) is 0 Å². The summed E-state index contributed by atoms with van der Waals surface area (Å²) in [7, 11) is 1.64. The lowest BCUT2D eigenvalue weighted by Gasteiger charge is -2.18. The number of nitrogens with zero attached hydrogens (tertiary/aromatic N) is 1. The van der Waals surface area contributed by atoms with E-state index >= 15 is 0 Å². The number of ether oxygens (including phenoxy) is 1. The van der Waals surface area contributed by atoms with E-state index < -0.39 is 6.10 Å². The zero-order chi connectivity index (χ0) is 12.5. The predicted octanol–water partition coefficient (Wildman–Crippen LogP) is 2.92. The fourth-order valence-corrected chi connectivity index (χ4v) is 3.54. The number of aliphatic hydroxyl groups is 1. The van der Waals surface area contributed by atoms with Crippen molar-refractivity contribution < 1.29 is 9.84 Å². The van der Waals surface area contributed by atoms with Gasteiger partial charge in [0.05, 0.1) is 12.0 Å². The van der Waals surface area contributed by atoms with E-state index in [4.69, 9.17) is 4.74 Å². The Hall–Kier alpha value is -1.39. The van der Waals surface area contributed by atoms with Gasteiger partial charge in [0.1, 0.15) is 11.9 Å². The highest BCUT2D eigenvalue weighted by Gasteiger charge is 2.32. The molecule has 0 amide bonds. The first-order valence-electron chi connectivity index (χ1n) is 6.04. The van der Waals surface area contributed by atoms with Gasteiger partial charge in [-0.1, -0.05) is 6.07 Å². The summed E-state index contributed by atoms with van der Waals surface area (Å²) in [5, 5.41) is 12.5. The van der Waals surface area contributed by atoms with Gasteiger partial charge in [-0.05, 0) is 35.9 Å². The van der Waals surface area contributed by atoms with Crippen LogP contribution in [-0.4, -0.2) is 17.2 Å². The molecular formula is C14H15NO2S. The topological polar surface area (TPSA) is 42.4 Å². The number of fused-ring (bicyclic) bond motifs is 1. The third kappa shape index (κ3) is 1.82. The van der Waals surface area contributed by atoms with Gasteiger partial charge >= 0.3 is 0 Å². The van der Waals surface area contributed by atoms with E-state index in [1.165, 1.54) is 5.56 Å². The second-order valence-corrected chi connectivity index (χ2v) is 5.44. The SMILES string of the molecule is COc1ccsc1C(O)C1CCc2cccnc21. The molecule has 2 aromatic rings. The Morgan fingerprint density at radius 3 is 3.22 bits per heavy atom. The largest absolute Gasteiger partial charge is 0.495 e. The van der Waals surface area contributed by atoms with E-state index in [1.54, 1.807) is 24.6 Å². The van der Waals surface area contributed by atoms with Crippen molar-refractivity contribution >= 4 is 11.3 Å².